The number of nitrogens with zero attached hydrogens (tertiary/aromatic N) is 3. The fourth-order valence-corrected chi connectivity index (χ4v) is 3.71. The lowest BCUT2D eigenvalue weighted by molar-refractivity contribution is -0.117. The average Bonchev–Trinajstić information content (AvgIpc) is 3.30. The number of amides is 2. The summed E-state index contributed by atoms with van der Waals surface area (Å²) in [7, 11) is 0. The van der Waals surface area contributed by atoms with Gasteiger partial charge in [-0.15, -0.1) is 0 Å². The highest BCUT2D eigenvalue weighted by atomic mass is 16.2. The molecule has 1 saturated heterocycles. The van der Waals surface area contributed by atoms with E-state index in [-0.39, 0.29) is 11.8 Å². The lowest BCUT2D eigenvalue weighted by Gasteiger charge is -2.15. The molecule has 6 heteroatoms. The first kappa shape index (κ1) is 19.6. The summed E-state index contributed by atoms with van der Waals surface area (Å²) in [6, 6.07) is 17.3. The Labute approximate surface area is 175 Å². The first-order valence-electron chi connectivity index (χ1n) is 10.0. The Bertz CT molecular complexity index is 1100. The van der Waals surface area contributed by atoms with Crippen LogP contribution in [0.25, 0.3) is 11.8 Å². The molecule has 2 aromatic carbocycles. The Kier molecular flexibility index (Phi) is 5.48. The molecule has 0 radical (unpaired) electrons. The maximum absolute atomic E-state index is 12.4. The van der Waals surface area contributed by atoms with Crippen LogP contribution in [0.3, 0.4) is 0 Å². The molecular formula is C24H24N4O2. The number of anilines is 2. The van der Waals surface area contributed by atoms with Gasteiger partial charge in [0.25, 0.3) is 0 Å². The Hall–Kier alpha value is -3.67. The number of hydrogen-bond acceptors (Lipinski definition) is 3. The van der Waals surface area contributed by atoms with Crippen LogP contribution in [0.1, 0.15) is 29.8 Å². The van der Waals surface area contributed by atoms with E-state index in [1.54, 1.807) is 11.0 Å². The first-order valence-corrected chi connectivity index (χ1v) is 10.0. The van der Waals surface area contributed by atoms with E-state index in [4.69, 9.17) is 0 Å². The zero-order valence-electron chi connectivity index (χ0n) is 17.1. The van der Waals surface area contributed by atoms with Gasteiger partial charge in [-0.05, 0) is 62.7 Å². The molecule has 0 spiro atoms. The highest BCUT2D eigenvalue weighted by Gasteiger charge is 2.21. The van der Waals surface area contributed by atoms with Crippen molar-refractivity contribution in [1.82, 2.24) is 9.78 Å². The molecule has 1 aliphatic rings. The first-order chi connectivity index (χ1) is 14.5. The van der Waals surface area contributed by atoms with E-state index in [0.29, 0.717) is 12.1 Å². The third-order valence-electron chi connectivity index (χ3n) is 5.27. The van der Waals surface area contributed by atoms with Gasteiger partial charge in [-0.3, -0.25) is 9.59 Å². The number of aryl methyl sites for hydroxylation is 1. The largest absolute Gasteiger partial charge is 0.323 e. The van der Waals surface area contributed by atoms with E-state index >= 15 is 0 Å². The Morgan fingerprint density at radius 2 is 1.77 bits per heavy atom. The lowest BCUT2D eigenvalue weighted by atomic mass is 10.2. The number of benzene rings is 2. The van der Waals surface area contributed by atoms with Gasteiger partial charge in [0.2, 0.25) is 11.8 Å². The van der Waals surface area contributed by atoms with Gasteiger partial charge in [0, 0.05) is 41.7 Å². The quantitative estimate of drug-likeness (QED) is 0.651. The molecule has 0 aliphatic carbocycles. The van der Waals surface area contributed by atoms with Crippen molar-refractivity contribution in [2.24, 2.45) is 0 Å². The van der Waals surface area contributed by atoms with Crippen molar-refractivity contribution in [2.45, 2.75) is 26.7 Å². The summed E-state index contributed by atoms with van der Waals surface area (Å²) in [5, 5.41) is 7.46. The van der Waals surface area contributed by atoms with E-state index in [9.17, 15) is 9.59 Å². The summed E-state index contributed by atoms with van der Waals surface area (Å²) in [6.45, 7) is 4.67. The standard InChI is InChI=1S/C24H24N4O2/c1-17-22(18(2)28(26-17)21-7-4-3-5-8-21)14-15-23(29)25-19-10-12-20(13-11-19)27-16-6-9-24(27)30/h3-5,7-8,10-15H,6,9,16H2,1-2H3,(H,25,29)/b15-14+. The normalized spacial score (nSPS) is 13.9. The number of hydrogen-bond donors (Lipinski definition) is 1. The van der Waals surface area contributed by atoms with E-state index in [1.807, 2.05) is 73.1 Å². The van der Waals surface area contributed by atoms with Crippen LogP contribution >= 0.6 is 0 Å². The van der Waals surface area contributed by atoms with E-state index in [2.05, 4.69) is 10.4 Å². The van der Waals surface area contributed by atoms with Crippen molar-refractivity contribution < 1.29 is 9.59 Å². The van der Waals surface area contributed by atoms with Crippen molar-refractivity contribution in [3.8, 4) is 5.69 Å². The second-order valence-electron chi connectivity index (χ2n) is 7.35. The maximum atomic E-state index is 12.4. The predicted octanol–water partition coefficient (Wildman–Crippen LogP) is 4.27. The summed E-state index contributed by atoms with van der Waals surface area (Å²) in [5.41, 5.74) is 5.30. The van der Waals surface area contributed by atoms with Crippen molar-refractivity contribution in [3.63, 3.8) is 0 Å². The molecule has 0 unspecified atom stereocenters. The van der Waals surface area contributed by atoms with Crippen molar-refractivity contribution in [2.75, 3.05) is 16.8 Å². The van der Waals surface area contributed by atoms with Crippen LogP contribution in [0.4, 0.5) is 11.4 Å². The predicted molar refractivity (Wildman–Crippen MR) is 119 cm³/mol. The summed E-state index contributed by atoms with van der Waals surface area (Å²) in [6.07, 6.45) is 4.80. The van der Waals surface area contributed by atoms with Crippen molar-refractivity contribution >= 4 is 29.3 Å². The van der Waals surface area contributed by atoms with Gasteiger partial charge < -0.3 is 10.2 Å². The van der Waals surface area contributed by atoms with Crippen LogP contribution in [0, 0.1) is 13.8 Å². The Morgan fingerprint density at radius 1 is 1.03 bits per heavy atom. The summed E-state index contributed by atoms with van der Waals surface area (Å²) >= 11 is 0. The number of rotatable bonds is 5. The van der Waals surface area contributed by atoms with Crippen LogP contribution in [0.15, 0.2) is 60.7 Å². The summed E-state index contributed by atoms with van der Waals surface area (Å²) in [4.78, 5) is 26.0. The van der Waals surface area contributed by atoms with Crippen LogP contribution in [-0.4, -0.2) is 28.1 Å². The average molecular weight is 400 g/mol. The zero-order valence-corrected chi connectivity index (χ0v) is 17.1. The van der Waals surface area contributed by atoms with Crippen molar-refractivity contribution in [1.29, 1.82) is 0 Å². The molecule has 152 valence electrons. The van der Waals surface area contributed by atoms with Gasteiger partial charge >= 0.3 is 0 Å². The van der Waals surface area contributed by atoms with Gasteiger partial charge in [-0.2, -0.15) is 5.10 Å². The van der Waals surface area contributed by atoms with Gasteiger partial charge in [0.05, 0.1) is 11.4 Å². The van der Waals surface area contributed by atoms with Crippen LogP contribution in [0.5, 0.6) is 0 Å². The van der Waals surface area contributed by atoms with Crippen molar-refractivity contribution in [3.05, 3.63) is 77.6 Å². The topological polar surface area (TPSA) is 67.2 Å². The Balaban J connectivity index is 1.44. The van der Waals surface area contributed by atoms with Crippen LogP contribution in [0.2, 0.25) is 0 Å². The van der Waals surface area contributed by atoms with Crippen LogP contribution < -0.4 is 10.2 Å². The fraction of sp³-hybridized carbons (Fsp3) is 0.208. The molecule has 4 rings (SSSR count). The number of nitrogens with one attached hydrogen (secondary N) is 1. The minimum atomic E-state index is -0.216. The number of carbonyl (C=O) groups excluding carboxylic acids is 2. The molecule has 2 heterocycles. The molecule has 0 bridgehead atoms. The second-order valence-corrected chi connectivity index (χ2v) is 7.35. The van der Waals surface area contributed by atoms with Gasteiger partial charge in [-0.1, -0.05) is 18.2 Å². The summed E-state index contributed by atoms with van der Waals surface area (Å²) < 4.78 is 1.88. The molecule has 6 nitrogen and oxygen atoms in total. The summed E-state index contributed by atoms with van der Waals surface area (Å²) in [5.74, 6) is -0.0669. The monoisotopic (exact) mass is 400 g/mol. The minimum Gasteiger partial charge on any atom is -0.323 e. The SMILES string of the molecule is Cc1nn(-c2ccccc2)c(C)c1/C=C/C(=O)Nc1ccc(N2CCCC2=O)cc1. The van der Waals surface area contributed by atoms with Gasteiger partial charge in [0.15, 0.2) is 0 Å². The fourth-order valence-electron chi connectivity index (χ4n) is 3.71. The minimum absolute atomic E-state index is 0.150. The number of aromatic nitrogens is 2. The molecule has 1 aliphatic heterocycles. The molecule has 3 aromatic rings. The maximum Gasteiger partial charge on any atom is 0.248 e. The molecule has 2 amide bonds. The van der Waals surface area contributed by atoms with E-state index < -0.39 is 0 Å². The second kappa shape index (κ2) is 8.37. The molecule has 0 atom stereocenters. The molecule has 0 saturated carbocycles. The molecule has 1 fully saturated rings. The third-order valence-corrected chi connectivity index (χ3v) is 5.27. The lowest BCUT2D eigenvalue weighted by Crippen LogP contribution is -2.23. The Morgan fingerprint density at radius 3 is 2.43 bits per heavy atom. The zero-order chi connectivity index (χ0) is 21.1. The third kappa shape index (κ3) is 4.03. The number of carbonyl (C=O) groups is 2. The van der Waals surface area contributed by atoms with Crippen LogP contribution in [-0.2, 0) is 9.59 Å². The molecule has 1 N–H and O–H groups in total. The number of para-hydroxylation sites is 1. The molecular weight excluding hydrogens is 376 g/mol. The van der Waals surface area contributed by atoms with E-state index in [1.165, 1.54) is 6.08 Å². The van der Waals surface area contributed by atoms with Gasteiger partial charge in [-0.25, -0.2) is 4.68 Å². The van der Waals surface area contributed by atoms with Gasteiger partial charge in [0.1, 0.15) is 0 Å². The van der Waals surface area contributed by atoms with E-state index in [0.717, 1.165) is 41.3 Å². The molecule has 30 heavy (non-hydrogen) atoms. The molecule has 1 aromatic heterocycles. The highest BCUT2D eigenvalue weighted by Crippen LogP contribution is 2.23. The smallest absolute Gasteiger partial charge is 0.248 e. The highest BCUT2D eigenvalue weighted by molar-refractivity contribution is 6.02.